The Kier molecular flexibility index (Phi) is 27.7. The first kappa shape index (κ1) is 63.1. The molecule has 31 nitrogen and oxygen atoms in total. The molecule has 73 heavy (non-hydrogen) atoms. The van der Waals surface area contributed by atoms with Gasteiger partial charge in [-0.1, -0.05) is 27.7 Å². The summed E-state index contributed by atoms with van der Waals surface area (Å²) in [4.78, 5) is 163. The molecule has 0 aliphatic heterocycles. The van der Waals surface area contributed by atoms with Crippen LogP contribution in [0.1, 0.15) is 84.8 Å². The van der Waals surface area contributed by atoms with Crippen LogP contribution in [0.4, 0.5) is 0 Å². The summed E-state index contributed by atoms with van der Waals surface area (Å²) in [5.74, 6) is -14.7. The van der Waals surface area contributed by atoms with Crippen LogP contribution in [0.3, 0.4) is 0 Å². The van der Waals surface area contributed by atoms with Gasteiger partial charge in [-0.05, 0) is 43.9 Å². The molecule has 0 aromatic carbocycles. The number of amides is 9. The minimum absolute atomic E-state index is 0.00955. The molecule has 1 rings (SSSR count). The Morgan fingerprint density at radius 1 is 0.616 bits per heavy atom. The minimum Gasteiger partial charge on any atom is -0.481 e. The van der Waals surface area contributed by atoms with E-state index in [0.717, 1.165) is 0 Å². The van der Waals surface area contributed by atoms with Crippen LogP contribution in [0.5, 0.6) is 0 Å². The van der Waals surface area contributed by atoms with Crippen LogP contribution in [0.25, 0.3) is 0 Å². The summed E-state index contributed by atoms with van der Waals surface area (Å²) in [5, 5.41) is 56.2. The minimum atomic E-state index is -1.89. The van der Waals surface area contributed by atoms with Crippen LogP contribution < -0.4 is 65.5 Å². The lowest BCUT2D eigenvalue weighted by atomic mass is 10.0. The average molecular weight is 1040 g/mol. The number of nitrogens with two attached hydrogens (primary N) is 4. The number of aliphatic imine (C=N–C) groups is 1. The molecular weight excluding hydrogens is 971 g/mol. The molecule has 0 unspecified atom stereocenters. The van der Waals surface area contributed by atoms with Crippen molar-refractivity contribution in [1.29, 1.82) is 0 Å². The lowest BCUT2D eigenvalue weighted by molar-refractivity contribution is -0.147. The maximum absolute atomic E-state index is 14.0. The van der Waals surface area contributed by atoms with Crippen molar-refractivity contribution in [1.82, 2.24) is 52.5 Å². The fourth-order valence-electron chi connectivity index (χ4n) is 6.56. The second kappa shape index (κ2) is 32.1. The topological polar surface area (TPSA) is 527 Å². The van der Waals surface area contributed by atoms with Gasteiger partial charge in [0.2, 0.25) is 53.2 Å². The smallest absolute Gasteiger partial charge is 0.326 e. The summed E-state index contributed by atoms with van der Waals surface area (Å²) < 4.78 is 0. The van der Waals surface area contributed by atoms with Gasteiger partial charge in [0.1, 0.15) is 42.3 Å². The number of aromatic nitrogens is 2. The molecule has 1 aromatic rings. The van der Waals surface area contributed by atoms with Crippen molar-refractivity contribution in [3.05, 3.63) is 18.2 Å². The van der Waals surface area contributed by atoms with Gasteiger partial charge in [-0.25, -0.2) is 9.78 Å². The summed E-state index contributed by atoms with van der Waals surface area (Å²) in [6.07, 6.45) is -0.140. The first-order valence-electron chi connectivity index (χ1n) is 22.9. The zero-order valence-corrected chi connectivity index (χ0v) is 40.8. The number of aromatic amines is 1. The standard InChI is InChI=1S/C42H69N15O16/c1-19(2)10-24(54-36(67)23(6-5-9-48-42(45)46)52-39(70)26(12-21-15-47-18-50-21)53-34(65)22(43)7-8-30(44)59)37(68)56-27(13-32(61)62)35(66)49-16-31(60)51-29(17-58)40(71)55-25(11-20(3)4)38(69)57-28(41(72)73)14-33(63)64/h15,18-20,22-29,58H,5-14,16-17,43H2,1-4H3,(H2,44,59)(H,47,50)(H,49,66)(H,51,60)(H,52,70)(H,53,65)(H,54,67)(H,55,71)(H,56,68)(H,57,69)(H,61,62)(H,63,64)(H,72,73)(H4,45,46,48)/t22-,23-,24-,25-,26-,27-,28-,29-/m0/s1. The van der Waals surface area contributed by atoms with Crippen molar-refractivity contribution in [2.45, 2.75) is 134 Å². The number of rotatable bonds is 35. The van der Waals surface area contributed by atoms with Gasteiger partial charge in [0, 0.05) is 31.3 Å². The van der Waals surface area contributed by atoms with E-state index in [2.05, 4.69) is 52.2 Å². The number of imidazole rings is 1. The molecule has 1 aromatic heterocycles. The molecule has 0 saturated heterocycles. The molecule has 0 bridgehead atoms. The highest BCUT2D eigenvalue weighted by molar-refractivity contribution is 5.98. The van der Waals surface area contributed by atoms with Crippen molar-refractivity contribution in [3.63, 3.8) is 0 Å². The Labute approximate surface area is 418 Å². The highest BCUT2D eigenvalue weighted by Gasteiger charge is 2.35. The van der Waals surface area contributed by atoms with E-state index in [1.54, 1.807) is 27.7 Å². The van der Waals surface area contributed by atoms with E-state index in [0.29, 0.717) is 5.69 Å². The van der Waals surface area contributed by atoms with E-state index in [1.807, 2.05) is 5.32 Å². The fraction of sp³-hybridized carbons (Fsp3) is 0.619. The number of aliphatic carboxylic acids is 3. The van der Waals surface area contributed by atoms with E-state index in [9.17, 15) is 72.9 Å². The molecule has 31 heteroatoms. The van der Waals surface area contributed by atoms with Crippen molar-refractivity contribution in [2.75, 3.05) is 19.7 Å². The molecule has 8 atom stereocenters. The van der Waals surface area contributed by atoms with Crippen LogP contribution >= 0.6 is 0 Å². The Morgan fingerprint density at radius 2 is 1.10 bits per heavy atom. The summed E-state index contributed by atoms with van der Waals surface area (Å²) in [5.41, 5.74) is 22.4. The zero-order chi connectivity index (χ0) is 55.5. The number of guanidine groups is 1. The first-order valence-corrected chi connectivity index (χ1v) is 22.9. The van der Waals surface area contributed by atoms with Crippen LogP contribution in [0, 0.1) is 11.8 Å². The zero-order valence-electron chi connectivity index (χ0n) is 40.8. The number of carbonyl (C=O) groups excluding carboxylic acids is 9. The first-order chi connectivity index (χ1) is 34.1. The normalized spacial score (nSPS) is 14.2. The average Bonchev–Trinajstić information content (AvgIpc) is 3.81. The Balaban J connectivity index is 3.28. The molecule has 408 valence electrons. The Hall–Kier alpha value is -7.96. The van der Waals surface area contributed by atoms with Gasteiger partial charge >= 0.3 is 17.9 Å². The van der Waals surface area contributed by atoms with Crippen LogP contribution in [0.2, 0.25) is 0 Å². The van der Waals surface area contributed by atoms with Gasteiger partial charge in [0.15, 0.2) is 5.96 Å². The summed E-state index contributed by atoms with van der Waals surface area (Å²) in [6, 6.07) is -12.5. The van der Waals surface area contributed by atoms with E-state index in [1.165, 1.54) is 12.5 Å². The third-order valence-corrected chi connectivity index (χ3v) is 10.2. The predicted molar refractivity (Wildman–Crippen MR) is 253 cm³/mol. The predicted octanol–water partition coefficient (Wildman–Crippen LogP) is -6.77. The van der Waals surface area contributed by atoms with Gasteiger partial charge in [-0.3, -0.25) is 57.7 Å². The Morgan fingerprint density at radius 3 is 1.58 bits per heavy atom. The van der Waals surface area contributed by atoms with Crippen molar-refractivity contribution in [3.8, 4) is 0 Å². The van der Waals surface area contributed by atoms with Gasteiger partial charge in [-0.2, -0.15) is 0 Å². The van der Waals surface area contributed by atoms with Gasteiger partial charge in [-0.15, -0.1) is 0 Å². The van der Waals surface area contributed by atoms with Crippen molar-refractivity contribution < 1.29 is 78.0 Å². The molecule has 0 saturated carbocycles. The molecule has 21 N–H and O–H groups in total. The summed E-state index contributed by atoms with van der Waals surface area (Å²) >= 11 is 0. The number of aliphatic hydroxyl groups is 1. The van der Waals surface area contributed by atoms with Crippen LogP contribution in [0.15, 0.2) is 17.5 Å². The molecule has 0 radical (unpaired) electrons. The maximum Gasteiger partial charge on any atom is 0.326 e. The second-order valence-electron chi connectivity index (χ2n) is 17.5. The SMILES string of the molecule is CC(C)C[C@H](NC(=O)[C@H](CO)NC(=O)CNC(=O)[C@H](CC(=O)O)NC(=O)[C@H](CC(C)C)NC(=O)[C@H](CCCN=C(N)N)NC(=O)[C@H](Cc1cnc[nH]1)NC(=O)[C@@H](N)CCC(N)=O)C(=O)N[C@@H](CC(=O)O)C(=O)O. The maximum atomic E-state index is 14.0. The number of carboxylic acids is 3. The van der Waals surface area contributed by atoms with E-state index >= 15 is 0 Å². The van der Waals surface area contributed by atoms with Gasteiger partial charge in [0.05, 0.1) is 38.4 Å². The third-order valence-electron chi connectivity index (χ3n) is 10.2. The lowest BCUT2D eigenvalue weighted by Crippen LogP contribution is -2.60. The van der Waals surface area contributed by atoms with E-state index < -0.39 is 145 Å². The number of carbonyl (C=O) groups is 12. The van der Waals surface area contributed by atoms with Crippen molar-refractivity contribution in [2.24, 2.45) is 39.8 Å². The summed E-state index contributed by atoms with van der Waals surface area (Å²) in [6.45, 7) is 4.61. The highest BCUT2D eigenvalue weighted by Crippen LogP contribution is 2.11. The summed E-state index contributed by atoms with van der Waals surface area (Å²) in [7, 11) is 0. The highest BCUT2D eigenvalue weighted by atomic mass is 16.4. The number of primary amides is 1. The number of nitrogens with zero attached hydrogens (tertiary/aromatic N) is 2. The molecule has 1 heterocycles. The van der Waals surface area contributed by atoms with Crippen LogP contribution in [-0.2, 0) is 64.0 Å². The van der Waals surface area contributed by atoms with Gasteiger partial charge < -0.3 is 90.9 Å². The van der Waals surface area contributed by atoms with Crippen LogP contribution in [-0.4, -0.2) is 175 Å². The second-order valence-corrected chi connectivity index (χ2v) is 17.5. The molecule has 0 spiro atoms. The number of carboxylic acid groups (broad SMARTS) is 3. The van der Waals surface area contributed by atoms with Gasteiger partial charge in [0.25, 0.3) is 0 Å². The van der Waals surface area contributed by atoms with Crippen molar-refractivity contribution >= 4 is 77.0 Å². The number of hydrogen-bond acceptors (Lipinski definition) is 16. The Bertz CT molecular complexity index is 2120. The lowest BCUT2D eigenvalue weighted by Gasteiger charge is -2.27. The van der Waals surface area contributed by atoms with E-state index in [4.69, 9.17) is 28.0 Å². The third kappa shape index (κ3) is 25.6. The number of nitrogens with one attached hydrogen (secondary N) is 9. The van der Waals surface area contributed by atoms with E-state index in [-0.39, 0.29) is 69.3 Å². The molecule has 9 amide bonds. The number of H-pyrrole nitrogens is 1. The molecule has 0 aliphatic carbocycles. The molecular formula is C42H69N15O16. The quantitative estimate of drug-likeness (QED) is 0.0171. The monoisotopic (exact) mass is 1040 g/mol. The largest absolute Gasteiger partial charge is 0.481 e. The fourth-order valence-corrected chi connectivity index (χ4v) is 6.56. The molecule has 0 fully saturated rings. The molecule has 0 aliphatic rings. The number of aliphatic hydroxyl groups excluding tert-OH is 1. The number of hydrogen-bond donors (Lipinski definition) is 17.